The van der Waals surface area contributed by atoms with Crippen molar-refractivity contribution in [1.82, 2.24) is 0 Å². The molecule has 1 saturated carbocycles. The van der Waals surface area contributed by atoms with E-state index in [0.717, 1.165) is 35.1 Å². The SMILES string of the molecule is Cc1cc(C2(c3cc(C)c(O)c(C)c3)CCCCCCCC2)cc(C)c1O. The van der Waals surface area contributed by atoms with Crippen molar-refractivity contribution in [3.63, 3.8) is 0 Å². The van der Waals surface area contributed by atoms with E-state index >= 15 is 0 Å². The molecule has 0 atom stereocenters. The van der Waals surface area contributed by atoms with Gasteiger partial charge >= 0.3 is 0 Å². The van der Waals surface area contributed by atoms with Crippen LogP contribution in [-0.4, -0.2) is 10.2 Å². The lowest BCUT2D eigenvalue weighted by Gasteiger charge is -2.37. The fraction of sp³-hybridized carbons (Fsp3) is 0.520. The largest absolute Gasteiger partial charge is 0.507 e. The maximum atomic E-state index is 10.3. The minimum Gasteiger partial charge on any atom is -0.507 e. The van der Waals surface area contributed by atoms with Gasteiger partial charge in [0.1, 0.15) is 11.5 Å². The molecule has 2 aromatic rings. The Morgan fingerprint density at radius 3 is 1.19 bits per heavy atom. The summed E-state index contributed by atoms with van der Waals surface area (Å²) >= 11 is 0. The molecular weight excluding hydrogens is 332 g/mol. The van der Waals surface area contributed by atoms with Gasteiger partial charge in [0.15, 0.2) is 0 Å². The molecule has 0 bridgehead atoms. The summed E-state index contributed by atoms with van der Waals surface area (Å²) in [5, 5.41) is 20.6. The highest BCUT2D eigenvalue weighted by atomic mass is 16.3. The first-order valence-corrected chi connectivity index (χ1v) is 10.5. The van der Waals surface area contributed by atoms with Crippen LogP contribution in [0.25, 0.3) is 0 Å². The maximum Gasteiger partial charge on any atom is 0.121 e. The molecule has 1 fully saturated rings. The van der Waals surface area contributed by atoms with Crippen molar-refractivity contribution in [3.05, 3.63) is 57.6 Å². The number of benzene rings is 2. The quantitative estimate of drug-likeness (QED) is 0.617. The van der Waals surface area contributed by atoms with Gasteiger partial charge in [-0.2, -0.15) is 0 Å². The predicted octanol–water partition coefficient (Wildman–Crippen LogP) is 6.75. The monoisotopic (exact) mass is 366 g/mol. The second-order valence-corrected chi connectivity index (χ2v) is 8.62. The molecule has 0 spiro atoms. The molecule has 0 saturated heterocycles. The molecule has 0 unspecified atom stereocenters. The minimum atomic E-state index is -0.0449. The van der Waals surface area contributed by atoms with E-state index in [1.165, 1.54) is 49.7 Å². The van der Waals surface area contributed by atoms with Crippen molar-refractivity contribution in [2.24, 2.45) is 0 Å². The van der Waals surface area contributed by atoms with Crippen LogP contribution in [0.3, 0.4) is 0 Å². The Morgan fingerprint density at radius 2 is 0.852 bits per heavy atom. The van der Waals surface area contributed by atoms with Crippen LogP contribution in [0.2, 0.25) is 0 Å². The van der Waals surface area contributed by atoms with Crippen LogP contribution in [0.5, 0.6) is 11.5 Å². The first kappa shape index (κ1) is 19.8. The number of hydrogen-bond donors (Lipinski definition) is 2. The molecular formula is C25H34O2. The molecule has 0 radical (unpaired) electrons. The lowest BCUT2D eigenvalue weighted by molar-refractivity contribution is 0.409. The van der Waals surface area contributed by atoms with Gasteiger partial charge in [-0.15, -0.1) is 0 Å². The fourth-order valence-electron chi connectivity index (χ4n) is 4.89. The highest BCUT2D eigenvalue weighted by molar-refractivity contribution is 5.52. The molecule has 3 rings (SSSR count). The summed E-state index contributed by atoms with van der Waals surface area (Å²) < 4.78 is 0. The van der Waals surface area contributed by atoms with Gasteiger partial charge < -0.3 is 10.2 Å². The van der Waals surface area contributed by atoms with E-state index in [9.17, 15) is 10.2 Å². The van der Waals surface area contributed by atoms with Crippen molar-refractivity contribution in [1.29, 1.82) is 0 Å². The van der Waals surface area contributed by atoms with Crippen LogP contribution in [-0.2, 0) is 5.41 Å². The van der Waals surface area contributed by atoms with Crippen molar-refractivity contribution in [2.75, 3.05) is 0 Å². The average molecular weight is 367 g/mol. The van der Waals surface area contributed by atoms with Crippen LogP contribution in [0.15, 0.2) is 24.3 Å². The molecule has 2 nitrogen and oxygen atoms in total. The summed E-state index contributed by atoms with van der Waals surface area (Å²) in [6, 6.07) is 8.77. The highest BCUT2D eigenvalue weighted by Gasteiger charge is 2.35. The molecule has 2 N–H and O–H groups in total. The molecule has 0 aromatic heterocycles. The Morgan fingerprint density at radius 1 is 0.556 bits per heavy atom. The molecule has 1 aliphatic rings. The van der Waals surface area contributed by atoms with Gasteiger partial charge in [-0.05, 0) is 73.9 Å². The predicted molar refractivity (Wildman–Crippen MR) is 113 cm³/mol. The van der Waals surface area contributed by atoms with Crippen LogP contribution < -0.4 is 0 Å². The van der Waals surface area contributed by atoms with Crippen LogP contribution in [0, 0.1) is 27.7 Å². The van der Waals surface area contributed by atoms with Crippen molar-refractivity contribution in [3.8, 4) is 11.5 Å². The zero-order valence-corrected chi connectivity index (χ0v) is 17.4. The third-order valence-corrected chi connectivity index (χ3v) is 6.54. The number of aromatic hydroxyl groups is 2. The van der Waals surface area contributed by atoms with E-state index in [4.69, 9.17) is 0 Å². The smallest absolute Gasteiger partial charge is 0.121 e. The summed E-state index contributed by atoms with van der Waals surface area (Å²) in [5.41, 5.74) is 6.42. The first-order chi connectivity index (χ1) is 12.8. The molecule has 27 heavy (non-hydrogen) atoms. The van der Waals surface area contributed by atoms with E-state index in [-0.39, 0.29) is 5.41 Å². The zero-order chi connectivity index (χ0) is 19.6. The average Bonchev–Trinajstić information content (AvgIpc) is 2.76. The normalized spacial score (nSPS) is 17.8. The topological polar surface area (TPSA) is 40.5 Å². The molecule has 2 aromatic carbocycles. The van der Waals surface area contributed by atoms with Crippen LogP contribution in [0.1, 0.15) is 84.7 Å². The highest BCUT2D eigenvalue weighted by Crippen LogP contribution is 2.46. The van der Waals surface area contributed by atoms with Gasteiger partial charge in [0.25, 0.3) is 0 Å². The number of aryl methyl sites for hydroxylation is 4. The Balaban J connectivity index is 2.22. The van der Waals surface area contributed by atoms with Crippen molar-refractivity contribution < 1.29 is 10.2 Å². The Kier molecular flexibility index (Phi) is 5.83. The lowest BCUT2D eigenvalue weighted by atomic mass is 9.67. The number of hydrogen-bond acceptors (Lipinski definition) is 2. The summed E-state index contributed by atoms with van der Waals surface area (Å²) in [5.74, 6) is 0.824. The summed E-state index contributed by atoms with van der Waals surface area (Å²) in [6.45, 7) is 8.01. The van der Waals surface area contributed by atoms with E-state index < -0.39 is 0 Å². The van der Waals surface area contributed by atoms with Crippen molar-refractivity contribution >= 4 is 0 Å². The van der Waals surface area contributed by atoms with Gasteiger partial charge in [-0.3, -0.25) is 0 Å². The molecule has 146 valence electrons. The van der Waals surface area contributed by atoms with Gasteiger partial charge in [0.05, 0.1) is 0 Å². The lowest BCUT2D eigenvalue weighted by Crippen LogP contribution is -2.28. The Labute approximate surface area is 164 Å². The Hall–Kier alpha value is -1.96. The fourth-order valence-corrected chi connectivity index (χ4v) is 4.89. The number of rotatable bonds is 2. The van der Waals surface area contributed by atoms with Crippen LogP contribution in [0.4, 0.5) is 0 Å². The van der Waals surface area contributed by atoms with E-state index in [1.807, 2.05) is 27.7 Å². The van der Waals surface area contributed by atoms with Crippen molar-refractivity contribution in [2.45, 2.75) is 84.5 Å². The number of phenolic OH excluding ortho intramolecular Hbond substituents is 2. The molecule has 1 aliphatic carbocycles. The van der Waals surface area contributed by atoms with E-state index in [0.29, 0.717) is 11.5 Å². The maximum absolute atomic E-state index is 10.3. The second-order valence-electron chi connectivity index (χ2n) is 8.62. The van der Waals surface area contributed by atoms with Crippen LogP contribution >= 0.6 is 0 Å². The van der Waals surface area contributed by atoms with Gasteiger partial charge in [0, 0.05) is 5.41 Å². The third-order valence-electron chi connectivity index (χ3n) is 6.54. The first-order valence-electron chi connectivity index (χ1n) is 10.5. The minimum absolute atomic E-state index is 0.0449. The second kappa shape index (κ2) is 7.96. The third kappa shape index (κ3) is 3.85. The Bertz CT molecular complexity index is 704. The molecule has 0 heterocycles. The van der Waals surface area contributed by atoms with Gasteiger partial charge in [0.2, 0.25) is 0 Å². The van der Waals surface area contributed by atoms with E-state index in [2.05, 4.69) is 24.3 Å². The van der Waals surface area contributed by atoms with E-state index in [1.54, 1.807) is 0 Å². The standard InChI is InChI=1S/C25H34O2/c1-17-13-21(14-18(2)23(17)26)25(11-9-7-5-6-8-10-12-25)22-15-19(3)24(27)20(4)16-22/h13-16,26-27H,5-12H2,1-4H3. The zero-order valence-electron chi connectivity index (χ0n) is 17.4. The molecule has 0 aliphatic heterocycles. The number of phenols is 2. The summed E-state index contributed by atoms with van der Waals surface area (Å²) in [4.78, 5) is 0. The molecule has 0 amide bonds. The van der Waals surface area contributed by atoms with Gasteiger partial charge in [-0.1, -0.05) is 62.8 Å². The summed E-state index contributed by atoms with van der Waals surface area (Å²) in [6.07, 6.45) is 9.92. The molecule has 2 heteroatoms. The van der Waals surface area contributed by atoms with Gasteiger partial charge in [-0.25, -0.2) is 0 Å². The summed E-state index contributed by atoms with van der Waals surface area (Å²) in [7, 11) is 0.